The van der Waals surface area contributed by atoms with Crippen molar-refractivity contribution >= 4 is 46.5 Å². The van der Waals surface area contributed by atoms with Crippen LogP contribution in [0.5, 0.6) is 0 Å². The van der Waals surface area contributed by atoms with Crippen LogP contribution in [0.4, 0.5) is 9.59 Å². The Bertz CT molecular complexity index is 229. The largest absolute Gasteiger partial charge is 0.510 e. The molecule has 2 unspecified atom stereocenters. The third-order valence-electron chi connectivity index (χ3n) is 1.18. The number of halogens is 2. The maximum absolute atomic E-state index is 10.6. The predicted molar refractivity (Wildman–Crippen MR) is 84.2 cm³/mol. The van der Waals surface area contributed by atoms with Crippen molar-refractivity contribution in [3.8, 4) is 0 Å². The first kappa shape index (κ1) is 21.9. The van der Waals surface area contributed by atoms with Crippen LogP contribution in [0.25, 0.3) is 0 Å². The molecule has 0 aromatic carbocycles. The summed E-state index contributed by atoms with van der Waals surface area (Å²) >= 11 is 7.31. The Kier molecular flexibility index (Phi) is 13.5. The molecule has 0 radical (unpaired) electrons. The summed E-state index contributed by atoms with van der Waals surface area (Å²) < 4.78 is 18.3. The summed E-state index contributed by atoms with van der Waals surface area (Å²) in [7, 11) is 0. The zero-order valence-electron chi connectivity index (χ0n) is 12.5. The highest BCUT2D eigenvalue weighted by atomic mass is 127. The predicted octanol–water partition coefficient (Wildman–Crippen LogP) is 4.46. The Morgan fingerprint density at radius 2 is 1.15 bits per heavy atom. The molecule has 0 saturated heterocycles. The number of hydrogen-bond donors (Lipinski definition) is 0. The summed E-state index contributed by atoms with van der Waals surface area (Å²) in [6, 6.07) is 0. The van der Waals surface area contributed by atoms with E-state index in [1.54, 1.807) is 41.5 Å². The van der Waals surface area contributed by atoms with Gasteiger partial charge in [-0.25, -0.2) is 9.59 Å². The molecule has 0 aliphatic carbocycles. The van der Waals surface area contributed by atoms with Gasteiger partial charge in [0.2, 0.25) is 0 Å². The van der Waals surface area contributed by atoms with Gasteiger partial charge in [0.1, 0.15) is 0 Å². The molecular formula is C12H22ClIO6. The van der Waals surface area contributed by atoms with E-state index in [4.69, 9.17) is 16.3 Å². The summed E-state index contributed by atoms with van der Waals surface area (Å²) in [5, 5.41) is 0. The van der Waals surface area contributed by atoms with E-state index < -0.39 is 17.9 Å². The fraction of sp³-hybridized carbons (Fsp3) is 0.833. The number of carbonyl (C=O) groups excluding carboxylic acids is 2. The zero-order valence-corrected chi connectivity index (χ0v) is 15.4. The van der Waals surface area contributed by atoms with E-state index in [9.17, 15) is 9.59 Å². The van der Waals surface area contributed by atoms with Gasteiger partial charge < -0.3 is 18.9 Å². The molecule has 0 rings (SSSR count). The van der Waals surface area contributed by atoms with E-state index in [-0.39, 0.29) is 16.3 Å². The zero-order chi connectivity index (χ0) is 16.3. The van der Waals surface area contributed by atoms with E-state index in [0.29, 0.717) is 0 Å². The smallest absolute Gasteiger partial charge is 0.432 e. The molecule has 0 aromatic rings. The lowest BCUT2D eigenvalue weighted by atomic mass is 10.5. The fourth-order valence-corrected chi connectivity index (χ4v) is 0.986. The molecule has 2 atom stereocenters. The SMILES string of the molecule is CC(C)OC(=O)OC(C)Cl.CC(C)OC(=O)OC(C)I. The van der Waals surface area contributed by atoms with Crippen LogP contribution in [0.2, 0.25) is 0 Å². The molecule has 0 spiro atoms. The molecule has 0 aliphatic rings. The molecule has 20 heavy (non-hydrogen) atoms. The first-order valence-electron chi connectivity index (χ1n) is 6.07. The van der Waals surface area contributed by atoms with Gasteiger partial charge in [0.15, 0.2) is 9.67 Å². The molecule has 0 aromatic heterocycles. The molecular weight excluding hydrogens is 402 g/mol. The van der Waals surface area contributed by atoms with Crippen LogP contribution < -0.4 is 0 Å². The Morgan fingerprint density at radius 3 is 1.40 bits per heavy atom. The number of hydrogen-bond acceptors (Lipinski definition) is 6. The average Bonchev–Trinajstić information content (AvgIpc) is 2.11. The van der Waals surface area contributed by atoms with Crippen LogP contribution >= 0.6 is 34.2 Å². The number of carbonyl (C=O) groups is 2. The van der Waals surface area contributed by atoms with Gasteiger partial charge >= 0.3 is 12.3 Å². The standard InChI is InChI=1S/C6H11ClO3.C6H11IO3/c2*1-4(2)9-6(8)10-5(3)7/h2*4-5H,1-3H3. The van der Waals surface area contributed by atoms with Crippen LogP contribution in [0.1, 0.15) is 41.5 Å². The maximum Gasteiger partial charge on any atom is 0.510 e. The minimum Gasteiger partial charge on any atom is -0.432 e. The van der Waals surface area contributed by atoms with E-state index in [0.717, 1.165) is 0 Å². The van der Waals surface area contributed by atoms with E-state index in [1.807, 2.05) is 22.6 Å². The quantitative estimate of drug-likeness (QED) is 0.377. The Balaban J connectivity index is 0. The van der Waals surface area contributed by atoms with Crippen LogP contribution in [0.3, 0.4) is 0 Å². The minimum atomic E-state index is -0.725. The van der Waals surface area contributed by atoms with E-state index >= 15 is 0 Å². The normalized spacial score (nSPS) is 12.9. The highest BCUT2D eigenvalue weighted by Crippen LogP contribution is 2.03. The Morgan fingerprint density at radius 1 is 0.800 bits per heavy atom. The first-order valence-corrected chi connectivity index (χ1v) is 7.75. The van der Waals surface area contributed by atoms with Crippen molar-refractivity contribution in [2.45, 2.75) is 63.4 Å². The highest BCUT2D eigenvalue weighted by molar-refractivity contribution is 14.1. The average molecular weight is 425 g/mol. The van der Waals surface area contributed by atoms with Crippen LogP contribution in [-0.4, -0.2) is 34.2 Å². The molecule has 0 amide bonds. The van der Waals surface area contributed by atoms with Gasteiger partial charge in [-0.15, -0.1) is 0 Å². The first-order chi connectivity index (χ1) is 9.04. The molecule has 0 heterocycles. The minimum absolute atomic E-state index is 0.109. The van der Waals surface area contributed by atoms with Crippen molar-refractivity contribution in [3.63, 3.8) is 0 Å². The summed E-state index contributed by atoms with van der Waals surface area (Å²) in [4.78, 5) is 21.1. The second kappa shape index (κ2) is 12.3. The van der Waals surface area contributed by atoms with Gasteiger partial charge in [0.05, 0.1) is 12.2 Å². The molecule has 0 bridgehead atoms. The van der Waals surface area contributed by atoms with E-state index in [2.05, 4.69) is 14.2 Å². The lowest BCUT2D eigenvalue weighted by Crippen LogP contribution is -2.15. The van der Waals surface area contributed by atoms with Gasteiger partial charge in [-0.1, -0.05) is 11.6 Å². The molecule has 0 N–H and O–H groups in total. The molecule has 120 valence electrons. The topological polar surface area (TPSA) is 71.1 Å². The van der Waals surface area contributed by atoms with Gasteiger partial charge in [-0.05, 0) is 64.1 Å². The van der Waals surface area contributed by atoms with Gasteiger partial charge in [0, 0.05) is 0 Å². The molecule has 8 heteroatoms. The molecule has 6 nitrogen and oxygen atoms in total. The van der Waals surface area contributed by atoms with Crippen molar-refractivity contribution < 1.29 is 28.5 Å². The fourth-order valence-electron chi connectivity index (χ4n) is 0.706. The second-order valence-electron chi connectivity index (χ2n) is 4.15. The Hall–Kier alpha value is -0.440. The lowest BCUT2D eigenvalue weighted by Gasteiger charge is -2.09. The highest BCUT2D eigenvalue weighted by Gasteiger charge is 2.09. The van der Waals surface area contributed by atoms with Gasteiger partial charge in [0.25, 0.3) is 0 Å². The third kappa shape index (κ3) is 19.9. The third-order valence-corrected chi connectivity index (χ3v) is 1.52. The Labute approximate surface area is 138 Å². The summed E-state index contributed by atoms with van der Waals surface area (Å²) in [5.74, 6) is 0. The summed E-state index contributed by atoms with van der Waals surface area (Å²) in [5.41, 5.74) is -0.633. The van der Waals surface area contributed by atoms with Crippen LogP contribution in [0, 0.1) is 0 Å². The van der Waals surface area contributed by atoms with Crippen molar-refractivity contribution in [2.75, 3.05) is 0 Å². The van der Waals surface area contributed by atoms with Crippen LogP contribution in [0.15, 0.2) is 0 Å². The number of alkyl halides is 2. The summed E-state index contributed by atoms with van der Waals surface area (Å²) in [6.45, 7) is 10.3. The monoisotopic (exact) mass is 424 g/mol. The van der Waals surface area contributed by atoms with Crippen molar-refractivity contribution in [1.82, 2.24) is 0 Å². The van der Waals surface area contributed by atoms with Crippen molar-refractivity contribution in [1.29, 1.82) is 0 Å². The van der Waals surface area contributed by atoms with Crippen molar-refractivity contribution in [2.24, 2.45) is 0 Å². The van der Waals surface area contributed by atoms with Gasteiger partial charge in [-0.2, -0.15) is 0 Å². The second-order valence-corrected chi connectivity index (χ2v) is 6.52. The van der Waals surface area contributed by atoms with Crippen molar-refractivity contribution in [3.05, 3.63) is 0 Å². The number of ether oxygens (including phenoxy) is 4. The summed E-state index contributed by atoms with van der Waals surface area (Å²) in [6.07, 6.45) is -1.60. The molecule has 0 aliphatic heterocycles. The molecule has 0 saturated carbocycles. The van der Waals surface area contributed by atoms with Crippen LogP contribution in [-0.2, 0) is 18.9 Å². The van der Waals surface area contributed by atoms with E-state index in [1.165, 1.54) is 0 Å². The van der Waals surface area contributed by atoms with Gasteiger partial charge in [-0.3, -0.25) is 0 Å². The maximum atomic E-state index is 10.6. The number of rotatable bonds is 4. The lowest BCUT2D eigenvalue weighted by molar-refractivity contribution is 0.0294. The molecule has 0 fully saturated rings.